The van der Waals surface area contributed by atoms with Gasteiger partial charge in [-0.1, -0.05) is 34.9 Å². The van der Waals surface area contributed by atoms with Gasteiger partial charge in [-0.25, -0.2) is 4.79 Å². The Bertz CT molecular complexity index is 1140. The van der Waals surface area contributed by atoms with Crippen molar-refractivity contribution < 1.29 is 18.5 Å². The highest BCUT2D eigenvalue weighted by Gasteiger charge is 2.18. The fraction of sp³-hybridized carbons (Fsp3) is 0.150. The molecule has 132 valence electrons. The van der Waals surface area contributed by atoms with Gasteiger partial charge < -0.3 is 13.7 Å². The molecular formula is C20H15BN2O4. The van der Waals surface area contributed by atoms with Crippen molar-refractivity contribution >= 4 is 30.2 Å². The molecular weight excluding hydrogens is 343 g/mol. The van der Waals surface area contributed by atoms with E-state index in [1.165, 1.54) is 13.2 Å². The average molecular weight is 358 g/mol. The number of rotatable bonds is 3. The Kier molecular flexibility index (Phi) is 4.07. The van der Waals surface area contributed by atoms with Crippen LogP contribution in [0.1, 0.15) is 21.5 Å². The van der Waals surface area contributed by atoms with Crippen LogP contribution in [0, 0.1) is 13.8 Å². The standard InChI is InChI=1S/C20H15BN2O4/c1-10-4-5-11(2)17-14(10)9-16(26-17)19-22-18(23-27-19)13-7-6-12(8-15(13)21)20(24)25-3/h4-9H,1-3H3. The number of fused-ring (bicyclic) bond motifs is 1. The second-order valence-corrected chi connectivity index (χ2v) is 6.27. The maximum Gasteiger partial charge on any atom is 0.337 e. The summed E-state index contributed by atoms with van der Waals surface area (Å²) in [6, 6.07) is 10.7. The Morgan fingerprint density at radius 2 is 1.89 bits per heavy atom. The molecule has 0 saturated carbocycles. The molecule has 27 heavy (non-hydrogen) atoms. The number of hydrogen-bond acceptors (Lipinski definition) is 6. The first-order chi connectivity index (χ1) is 13.0. The molecule has 0 fully saturated rings. The number of aryl methyl sites for hydroxylation is 2. The SMILES string of the molecule is [B]c1cc(C(=O)OC)ccc1-c1noc(-c2cc3c(C)ccc(C)c3o2)n1. The van der Waals surface area contributed by atoms with Crippen molar-refractivity contribution in [3.8, 4) is 23.0 Å². The molecule has 0 amide bonds. The smallest absolute Gasteiger partial charge is 0.337 e. The van der Waals surface area contributed by atoms with Gasteiger partial charge in [0, 0.05) is 10.9 Å². The molecule has 2 heterocycles. The van der Waals surface area contributed by atoms with Crippen molar-refractivity contribution in [1.29, 1.82) is 0 Å². The molecule has 4 rings (SSSR count). The number of ether oxygens (including phenoxy) is 1. The van der Waals surface area contributed by atoms with Crippen LogP contribution in [0.4, 0.5) is 0 Å². The molecule has 2 aromatic carbocycles. The van der Waals surface area contributed by atoms with E-state index in [4.69, 9.17) is 21.5 Å². The number of esters is 1. The van der Waals surface area contributed by atoms with Gasteiger partial charge in [-0.15, -0.1) is 0 Å². The summed E-state index contributed by atoms with van der Waals surface area (Å²) < 4.78 is 16.0. The Morgan fingerprint density at radius 1 is 1.11 bits per heavy atom. The van der Waals surface area contributed by atoms with Crippen molar-refractivity contribution in [1.82, 2.24) is 10.1 Å². The van der Waals surface area contributed by atoms with Crippen LogP contribution in [-0.2, 0) is 4.74 Å². The molecule has 0 aliphatic heterocycles. The van der Waals surface area contributed by atoms with Crippen LogP contribution >= 0.6 is 0 Å². The highest BCUT2D eigenvalue weighted by atomic mass is 16.5. The third-order valence-electron chi connectivity index (χ3n) is 4.45. The lowest BCUT2D eigenvalue weighted by Gasteiger charge is -2.04. The minimum atomic E-state index is -0.463. The lowest BCUT2D eigenvalue weighted by molar-refractivity contribution is 0.0601. The number of carbonyl (C=O) groups is 1. The quantitative estimate of drug-likeness (QED) is 0.413. The molecule has 7 heteroatoms. The lowest BCUT2D eigenvalue weighted by atomic mass is 9.88. The number of furan rings is 1. The number of hydrogen-bond donors (Lipinski definition) is 0. The van der Waals surface area contributed by atoms with E-state index in [1.54, 1.807) is 12.1 Å². The first kappa shape index (κ1) is 17.1. The summed E-state index contributed by atoms with van der Waals surface area (Å²) in [5.74, 6) is 0.602. The molecule has 0 N–H and O–H groups in total. The molecule has 0 atom stereocenters. The van der Waals surface area contributed by atoms with Crippen LogP contribution in [0.2, 0.25) is 0 Å². The highest BCUT2D eigenvalue weighted by Crippen LogP contribution is 2.31. The van der Waals surface area contributed by atoms with Crippen LogP contribution in [0.3, 0.4) is 0 Å². The van der Waals surface area contributed by atoms with Gasteiger partial charge >= 0.3 is 5.97 Å². The van der Waals surface area contributed by atoms with Crippen molar-refractivity contribution in [2.45, 2.75) is 13.8 Å². The van der Waals surface area contributed by atoms with Crippen molar-refractivity contribution in [3.63, 3.8) is 0 Å². The van der Waals surface area contributed by atoms with Gasteiger partial charge in [-0.3, -0.25) is 0 Å². The maximum atomic E-state index is 11.6. The minimum absolute atomic E-state index is 0.261. The fourth-order valence-corrected chi connectivity index (χ4v) is 2.94. The fourth-order valence-electron chi connectivity index (χ4n) is 2.94. The van der Waals surface area contributed by atoms with E-state index in [1.807, 2.05) is 32.0 Å². The molecule has 0 aliphatic rings. The zero-order valence-corrected chi connectivity index (χ0v) is 15.1. The summed E-state index contributed by atoms with van der Waals surface area (Å²) in [6.07, 6.45) is 0. The van der Waals surface area contributed by atoms with Gasteiger partial charge in [0.05, 0.1) is 12.7 Å². The number of aromatic nitrogens is 2. The molecule has 2 aromatic heterocycles. The average Bonchev–Trinajstić information content (AvgIpc) is 3.31. The predicted octanol–water partition coefficient (Wildman–Crippen LogP) is 3.35. The van der Waals surface area contributed by atoms with Crippen LogP contribution in [0.25, 0.3) is 34.0 Å². The Labute approximate surface area is 156 Å². The molecule has 6 nitrogen and oxygen atoms in total. The van der Waals surface area contributed by atoms with Crippen LogP contribution in [0.5, 0.6) is 0 Å². The van der Waals surface area contributed by atoms with Crippen molar-refractivity contribution in [3.05, 3.63) is 53.1 Å². The second-order valence-electron chi connectivity index (χ2n) is 6.27. The highest BCUT2D eigenvalue weighted by molar-refractivity contribution is 6.36. The van der Waals surface area contributed by atoms with Gasteiger partial charge in [-0.2, -0.15) is 4.98 Å². The summed E-state index contributed by atoms with van der Waals surface area (Å²) in [5, 5.41) is 5.00. The molecule has 4 aromatic rings. The van der Waals surface area contributed by atoms with E-state index in [2.05, 4.69) is 10.1 Å². The Morgan fingerprint density at radius 3 is 2.59 bits per heavy atom. The summed E-state index contributed by atoms with van der Waals surface area (Å²) in [4.78, 5) is 16.0. The predicted molar refractivity (Wildman–Crippen MR) is 101 cm³/mol. The first-order valence-electron chi connectivity index (χ1n) is 8.30. The van der Waals surface area contributed by atoms with E-state index in [9.17, 15) is 4.79 Å². The van der Waals surface area contributed by atoms with Gasteiger partial charge in [-0.05, 0) is 37.1 Å². The lowest BCUT2D eigenvalue weighted by Crippen LogP contribution is -2.12. The summed E-state index contributed by atoms with van der Waals surface area (Å²) in [7, 11) is 7.36. The third-order valence-corrected chi connectivity index (χ3v) is 4.45. The third kappa shape index (κ3) is 2.91. The monoisotopic (exact) mass is 358 g/mol. The van der Waals surface area contributed by atoms with Gasteiger partial charge in [0.15, 0.2) is 5.76 Å². The van der Waals surface area contributed by atoms with Crippen molar-refractivity contribution in [2.75, 3.05) is 7.11 Å². The Balaban J connectivity index is 1.73. The van der Waals surface area contributed by atoms with E-state index in [0.29, 0.717) is 28.2 Å². The largest absolute Gasteiger partial charge is 0.465 e. The number of nitrogens with zero attached hydrogens (tertiary/aromatic N) is 2. The summed E-state index contributed by atoms with van der Waals surface area (Å²) >= 11 is 0. The summed E-state index contributed by atoms with van der Waals surface area (Å²) in [6.45, 7) is 4.00. The van der Waals surface area contributed by atoms with E-state index in [0.717, 1.165) is 22.1 Å². The second kappa shape index (κ2) is 6.43. The molecule has 0 unspecified atom stereocenters. The van der Waals surface area contributed by atoms with Crippen LogP contribution in [0.15, 0.2) is 45.3 Å². The van der Waals surface area contributed by atoms with Gasteiger partial charge in [0.2, 0.25) is 5.82 Å². The van der Waals surface area contributed by atoms with Gasteiger partial charge in [0.25, 0.3) is 5.89 Å². The zero-order valence-electron chi connectivity index (χ0n) is 15.1. The number of carbonyl (C=O) groups excluding carboxylic acids is 1. The van der Waals surface area contributed by atoms with E-state index in [-0.39, 0.29) is 5.89 Å². The number of benzene rings is 2. The minimum Gasteiger partial charge on any atom is -0.465 e. The first-order valence-corrected chi connectivity index (χ1v) is 8.30. The van der Waals surface area contributed by atoms with Crippen LogP contribution < -0.4 is 5.46 Å². The van der Waals surface area contributed by atoms with E-state index < -0.39 is 5.97 Å². The summed E-state index contributed by atoms with van der Waals surface area (Å²) in [5.41, 5.74) is 4.19. The zero-order chi connectivity index (χ0) is 19.1. The van der Waals surface area contributed by atoms with Gasteiger partial charge in [0.1, 0.15) is 13.4 Å². The van der Waals surface area contributed by atoms with Crippen LogP contribution in [-0.4, -0.2) is 31.1 Å². The topological polar surface area (TPSA) is 78.4 Å². The van der Waals surface area contributed by atoms with E-state index >= 15 is 0 Å². The molecule has 0 saturated heterocycles. The molecule has 0 aliphatic carbocycles. The molecule has 0 bridgehead atoms. The molecule has 2 radical (unpaired) electrons. The number of methoxy groups -OCH3 is 1. The maximum absolute atomic E-state index is 11.6. The van der Waals surface area contributed by atoms with Crippen molar-refractivity contribution in [2.24, 2.45) is 0 Å². The molecule has 0 spiro atoms. The normalized spacial score (nSPS) is 11.1. The Hall–Kier alpha value is -3.35.